The van der Waals surface area contributed by atoms with Crippen molar-refractivity contribution in [3.63, 3.8) is 0 Å². The van der Waals surface area contributed by atoms with Gasteiger partial charge in [0, 0.05) is 13.3 Å². The van der Waals surface area contributed by atoms with E-state index in [1.54, 1.807) is 0 Å². The van der Waals surface area contributed by atoms with E-state index in [0.29, 0.717) is 6.42 Å². The van der Waals surface area contributed by atoms with Gasteiger partial charge in [0.1, 0.15) is 12.7 Å². The third kappa shape index (κ3) is 5.92. The summed E-state index contributed by atoms with van der Waals surface area (Å²) >= 11 is 0. The number of nitrogens with zero attached hydrogens (tertiary/aromatic N) is 1. The zero-order valence-corrected chi connectivity index (χ0v) is 19.4. The normalized spacial score (nSPS) is 19.4. The summed E-state index contributed by atoms with van der Waals surface area (Å²) in [6.07, 6.45) is 1.60. The van der Waals surface area contributed by atoms with Crippen molar-refractivity contribution in [3.05, 3.63) is 59.3 Å². The summed E-state index contributed by atoms with van der Waals surface area (Å²) in [5.74, 6) is -0.613. The summed E-state index contributed by atoms with van der Waals surface area (Å²) in [4.78, 5) is 37.4. The number of esters is 1. The highest BCUT2D eigenvalue weighted by atomic mass is 28.3. The van der Waals surface area contributed by atoms with Crippen molar-refractivity contribution in [1.29, 1.82) is 0 Å². The van der Waals surface area contributed by atoms with Gasteiger partial charge in [0.05, 0.1) is 14.1 Å². The zero-order chi connectivity index (χ0) is 22.5. The highest BCUT2D eigenvalue weighted by molar-refractivity contribution is 6.84. The second-order valence-corrected chi connectivity index (χ2v) is 13.5. The van der Waals surface area contributed by atoms with Crippen LogP contribution in [-0.4, -0.2) is 43.6 Å². The van der Waals surface area contributed by atoms with Crippen LogP contribution in [0.1, 0.15) is 38.4 Å². The molecular weight excluding hydrogens is 398 g/mol. The summed E-state index contributed by atoms with van der Waals surface area (Å²) in [6, 6.07) is 9.07. The van der Waals surface area contributed by atoms with Gasteiger partial charge in [-0.3, -0.25) is 9.59 Å². The smallest absolute Gasteiger partial charge is 0.417 e. The Kier molecular flexibility index (Phi) is 7.78. The number of amides is 2. The Bertz CT molecular complexity index is 841. The molecule has 0 aromatic heterocycles. The lowest BCUT2D eigenvalue weighted by atomic mass is 10.0. The Labute approximate surface area is 179 Å². The Balaban J connectivity index is 2.04. The Morgan fingerprint density at radius 2 is 1.87 bits per heavy atom. The van der Waals surface area contributed by atoms with E-state index in [1.807, 2.05) is 43.3 Å². The Morgan fingerprint density at radius 3 is 2.43 bits per heavy atom. The third-order valence-electron chi connectivity index (χ3n) is 5.01. The number of allylic oxidation sites excluding steroid dienone is 1. The fourth-order valence-electron chi connectivity index (χ4n) is 3.59. The summed E-state index contributed by atoms with van der Waals surface area (Å²) in [7, 11) is -1.75. The molecule has 0 bridgehead atoms. The van der Waals surface area contributed by atoms with Crippen molar-refractivity contribution in [2.24, 2.45) is 0 Å². The van der Waals surface area contributed by atoms with Gasteiger partial charge >= 0.3 is 12.1 Å². The standard InChI is InChI=1S/C23H31NO5Si/c1-16(15-28-18(3)25)20(30(4,5)6)13-10-14-21(26)24-17(2)22(29-23(24)27)19-11-8-7-9-12-19/h7-9,11-13,17,22H,1,10,14-15H2,2-6H3/b20-13-/t17-,22-/m0/s1. The van der Waals surface area contributed by atoms with E-state index in [1.165, 1.54) is 11.8 Å². The molecule has 0 N–H and O–H groups in total. The van der Waals surface area contributed by atoms with Crippen molar-refractivity contribution < 1.29 is 23.9 Å². The van der Waals surface area contributed by atoms with Gasteiger partial charge in [0.15, 0.2) is 0 Å². The fraction of sp³-hybridized carbons (Fsp3) is 0.435. The molecule has 7 heteroatoms. The minimum atomic E-state index is -1.75. The van der Waals surface area contributed by atoms with E-state index >= 15 is 0 Å². The van der Waals surface area contributed by atoms with Crippen LogP contribution in [0, 0.1) is 0 Å². The molecule has 0 aliphatic carbocycles. The molecule has 1 heterocycles. The van der Waals surface area contributed by atoms with Crippen LogP contribution in [0.15, 0.2) is 53.8 Å². The number of cyclic esters (lactones) is 1. The van der Waals surface area contributed by atoms with Crippen LogP contribution in [0.5, 0.6) is 0 Å². The summed E-state index contributed by atoms with van der Waals surface area (Å²) in [5.41, 5.74) is 1.63. The van der Waals surface area contributed by atoms with Crippen LogP contribution in [0.25, 0.3) is 0 Å². The lowest BCUT2D eigenvalue weighted by molar-refractivity contribution is -0.139. The summed E-state index contributed by atoms with van der Waals surface area (Å²) < 4.78 is 10.5. The van der Waals surface area contributed by atoms with E-state index in [9.17, 15) is 14.4 Å². The Morgan fingerprint density at radius 1 is 1.23 bits per heavy atom. The molecule has 2 amide bonds. The molecule has 1 aliphatic rings. The first-order valence-corrected chi connectivity index (χ1v) is 13.6. The maximum absolute atomic E-state index is 12.8. The minimum Gasteiger partial charge on any atom is -0.461 e. The highest BCUT2D eigenvalue weighted by Gasteiger charge is 2.42. The first kappa shape index (κ1) is 23.6. The topological polar surface area (TPSA) is 72.9 Å². The fourth-order valence-corrected chi connectivity index (χ4v) is 5.48. The van der Waals surface area contributed by atoms with Gasteiger partial charge in [-0.15, -0.1) is 0 Å². The average molecular weight is 430 g/mol. The summed E-state index contributed by atoms with van der Waals surface area (Å²) in [5, 5.41) is 1.07. The molecule has 1 aromatic carbocycles. The molecule has 0 spiro atoms. The lowest BCUT2D eigenvalue weighted by Gasteiger charge is -2.23. The van der Waals surface area contributed by atoms with Crippen LogP contribution in [0.4, 0.5) is 4.79 Å². The van der Waals surface area contributed by atoms with Gasteiger partial charge in [0.25, 0.3) is 0 Å². The first-order chi connectivity index (χ1) is 14.0. The van der Waals surface area contributed by atoms with Gasteiger partial charge in [0.2, 0.25) is 5.91 Å². The van der Waals surface area contributed by atoms with Crippen LogP contribution in [0.3, 0.4) is 0 Å². The first-order valence-electron chi connectivity index (χ1n) is 10.1. The number of imide groups is 1. The van der Waals surface area contributed by atoms with E-state index in [2.05, 4.69) is 26.2 Å². The van der Waals surface area contributed by atoms with Crippen molar-refractivity contribution in [3.8, 4) is 0 Å². The highest BCUT2D eigenvalue weighted by Crippen LogP contribution is 2.33. The quantitative estimate of drug-likeness (QED) is 0.337. The maximum Gasteiger partial charge on any atom is 0.417 e. The van der Waals surface area contributed by atoms with Gasteiger partial charge in [-0.2, -0.15) is 0 Å². The van der Waals surface area contributed by atoms with E-state index in [-0.39, 0.29) is 30.9 Å². The molecular formula is C23H31NO5Si. The molecule has 0 saturated carbocycles. The minimum absolute atomic E-state index is 0.146. The second kappa shape index (κ2) is 9.89. The van der Waals surface area contributed by atoms with Crippen LogP contribution < -0.4 is 0 Å². The van der Waals surface area contributed by atoms with Crippen molar-refractivity contribution in [2.45, 2.75) is 58.5 Å². The third-order valence-corrected chi connectivity index (χ3v) is 7.19. The number of carbonyl (C=O) groups excluding carboxylic acids is 3. The predicted octanol–water partition coefficient (Wildman–Crippen LogP) is 4.80. The van der Waals surface area contributed by atoms with Crippen LogP contribution >= 0.6 is 0 Å². The van der Waals surface area contributed by atoms with Gasteiger partial charge in [-0.1, -0.05) is 67.8 Å². The molecule has 0 unspecified atom stereocenters. The van der Waals surface area contributed by atoms with Crippen LogP contribution in [0.2, 0.25) is 19.6 Å². The molecule has 1 saturated heterocycles. The number of rotatable bonds is 8. The molecule has 1 aliphatic heterocycles. The Hall–Kier alpha value is -2.67. The van der Waals surface area contributed by atoms with Gasteiger partial charge < -0.3 is 9.47 Å². The van der Waals surface area contributed by atoms with Crippen molar-refractivity contribution in [1.82, 2.24) is 4.90 Å². The van der Waals surface area contributed by atoms with Gasteiger partial charge in [-0.25, -0.2) is 9.69 Å². The number of carbonyl (C=O) groups is 3. The SMILES string of the molecule is C=C(COC(C)=O)/C(=C/CCC(=O)N1C(=O)O[C@H](c2ccccc2)[C@@H]1C)[Si](C)(C)C. The van der Waals surface area contributed by atoms with E-state index < -0.39 is 20.3 Å². The lowest BCUT2D eigenvalue weighted by Crippen LogP contribution is -2.37. The van der Waals surface area contributed by atoms with E-state index in [0.717, 1.165) is 16.3 Å². The molecule has 1 aromatic rings. The average Bonchev–Trinajstić information content (AvgIpc) is 2.97. The number of benzene rings is 1. The molecule has 6 nitrogen and oxygen atoms in total. The van der Waals surface area contributed by atoms with E-state index in [4.69, 9.17) is 9.47 Å². The molecule has 162 valence electrons. The number of ether oxygens (including phenoxy) is 2. The summed E-state index contributed by atoms with van der Waals surface area (Å²) in [6.45, 7) is 13.9. The van der Waals surface area contributed by atoms with Gasteiger partial charge in [-0.05, 0) is 24.5 Å². The number of hydrogen-bond donors (Lipinski definition) is 0. The maximum atomic E-state index is 12.8. The molecule has 30 heavy (non-hydrogen) atoms. The largest absolute Gasteiger partial charge is 0.461 e. The molecule has 2 rings (SSSR count). The number of hydrogen-bond acceptors (Lipinski definition) is 5. The predicted molar refractivity (Wildman–Crippen MR) is 118 cm³/mol. The van der Waals surface area contributed by atoms with Crippen molar-refractivity contribution >= 4 is 26.0 Å². The van der Waals surface area contributed by atoms with Crippen LogP contribution in [-0.2, 0) is 19.1 Å². The zero-order valence-electron chi connectivity index (χ0n) is 18.4. The molecule has 2 atom stereocenters. The molecule has 1 fully saturated rings. The van der Waals surface area contributed by atoms with Crippen molar-refractivity contribution in [2.75, 3.05) is 6.61 Å². The second-order valence-electron chi connectivity index (χ2n) is 8.51. The monoisotopic (exact) mass is 429 g/mol. The molecule has 0 radical (unpaired) electrons.